The maximum Gasteiger partial charge on any atom is -0.0202 e. The molecule has 2 rings (SSSR count). The first-order chi connectivity index (χ1) is 4.33. The van der Waals surface area contributed by atoms with Crippen molar-refractivity contribution in [3.8, 4) is 0 Å². The number of hydrogen-bond donors (Lipinski definition) is 0. The monoisotopic (exact) mass is 122 g/mol. The summed E-state index contributed by atoms with van der Waals surface area (Å²) in [6, 6.07) is 0. The molecule has 0 nitrogen and oxygen atoms in total. The van der Waals surface area contributed by atoms with E-state index in [0.717, 1.165) is 11.3 Å². The van der Waals surface area contributed by atoms with Gasteiger partial charge in [-0.2, -0.15) is 0 Å². The fourth-order valence-electron chi connectivity index (χ4n) is 2.19. The van der Waals surface area contributed by atoms with Gasteiger partial charge in [-0.3, -0.25) is 0 Å². The summed E-state index contributed by atoms with van der Waals surface area (Å²) in [5, 5.41) is 0. The Hall–Kier alpha value is -0.260. The Morgan fingerprint density at radius 3 is 2.44 bits per heavy atom. The third-order valence-electron chi connectivity index (χ3n) is 3.26. The summed E-state index contributed by atoms with van der Waals surface area (Å²) in [6.07, 6.45) is 10.6. The average molecular weight is 122 g/mol. The van der Waals surface area contributed by atoms with Crippen molar-refractivity contribution < 1.29 is 0 Å². The zero-order chi connectivity index (χ0) is 6.32. The molecule has 0 aromatic heterocycles. The van der Waals surface area contributed by atoms with Gasteiger partial charge in [0, 0.05) is 0 Å². The van der Waals surface area contributed by atoms with Gasteiger partial charge in [0.15, 0.2) is 0 Å². The highest BCUT2D eigenvalue weighted by atomic mass is 14.5. The first kappa shape index (κ1) is 5.52. The van der Waals surface area contributed by atoms with Crippen molar-refractivity contribution in [2.45, 2.75) is 32.6 Å². The molecule has 0 heterocycles. The van der Waals surface area contributed by atoms with Crippen molar-refractivity contribution in [3.05, 3.63) is 12.2 Å². The van der Waals surface area contributed by atoms with Crippen LogP contribution in [0.25, 0.3) is 0 Å². The van der Waals surface area contributed by atoms with Gasteiger partial charge in [0.25, 0.3) is 0 Å². The quantitative estimate of drug-likeness (QED) is 0.433. The van der Waals surface area contributed by atoms with E-state index in [4.69, 9.17) is 0 Å². The van der Waals surface area contributed by atoms with Crippen LogP contribution in [0.1, 0.15) is 32.6 Å². The van der Waals surface area contributed by atoms with Crippen molar-refractivity contribution >= 4 is 0 Å². The lowest BCUT2D eigenvalue weighted by atomic mass is 9.63. The Bertz CT molecular complexity index is 140. The van der Waals surface area contributed by atoms with Crippen LogP contribution in [0.4, 0.5) is 0 Å². The molecule has 0 bridgehead atoms. The van der Waals surface area contributed by atoms with Gasteiger partial charge in [0.1, 0.15) is 0 Å². The molecule has 2 aliphatic carbocycles. The van der Waals surface area contributed by atoms with Crippen LogP contribution in [0, 0.1) is 11.3 Å². The summed E-state index contributed by atoms with van der Waals surface area (Å²) in [7, 11) is 0. The minimum Gasteiger partial charge on any atom is -0.0877 e. The maximum absolute atomic E-state index is 2.39. The predicted octanol–water partition coefficient (Wildman–Crippen LogP) is 2.75. The van der Waals surface area contributed by atoms with Crippen molar-refractivity contribution in [1.29, 1.82) is 0 Å². The van der Waals surface area contributed by atoms with Gasteiger partial charge in [-0.15, -0.1) is 0 Å². The van der Waals surface area contributed by atoms with Gasteiger partial charge in [-0.25, -0.2) is 0 Å². The second-order valence-corrected chi connectivity index (χ2v) is 3.64. The highest BCUT2D eigenvalue weighted by Gasteiger charge is 2.41. The molecular weight excluding hydrogens is 108 g/mol. The van der Waals surface area contributed by atoms with Crippen LogP contribution in [-0.4, -0.2) is 0 Å². The van der Waals surface area contributed by atoms with Crippen LogP contribution in [-0.2, 0) is 0 Å². The van der Waals surface area contributed by atoms with Gasteiger partial charge in [-0.1, -0.05) is 25.5 Å². The molecule has 0 N–H and O–H groups in total. The van der Waals surface area contributed by atoms with Crippen LogP contribution in [0.3, 0.4) is 0 Å². The van der Waals surface area contributed by atoms with E-state index in [2.05, 4.69) is 19.1 Å². The van der Waals surface area contributed by atoms with E-state index >= 15 is 0 Å². The lowest BCUT2D eigenvalue weighted by Gasteiger charge is -2.42. The fraction of sp³-hybridized carbons (Fsp3) is 0.778. The zero-order valence-corrected chi connectivity index (χ0v) is 6.06. The fourth-order valence-corrected chi connectivity index (χ4v) is 2.19. The van der Waals surface area contributed by atoms with Crippen molar-refractivity contribution in [1.82, 2.24) is 0 Å². The van der Waals surface area contributed by atoms with E-state index in [1.807, 2.05) is 0 Å². The van der Waals surface area contributed by atoms with E-state index in [0.29, 0.717) is 0 Å². The van der Waals surface area contributed by atoms with Gasteiger partial charge < -0.3 is 0 Å². The molecule has 9 heavy (non-hydrogen) atoms. The van der Waals surface area contributed by atoms with Crippen molar-refractivity contribution in [2.24, 2.45) is 11.3 Å². The molecule has 50 valence electrons. The minimum atomic E-state index is 0.764. The van der Waals surface area contributed by atoms with E-state index in [9.17, 15) is 0 Å². The minimum absolute atomic E-state index is 0.764. The van der Waals surface area contributed by atoms with Crippen molar-refractivity contribution in [2.75, 3.05) is 0 Å². The molecule has 1 unspecified atom stereocenters. The van der Waals surface area contributed by atoms with E-state index < -0.39 is 0 Å². The molecule has 0 heteroatoms. The molecule has 0 radical (unpaired) electrons. The summed E-state index contributed by atoms with van der Waals surface area (Å²) in [5.74, 6) is 0.881. The Morgan fingerprint density at radius 2 is 2.22 bits per heavy atom. The SMILES string of the molecule is CC1C=CCC12CCC2. The highest BCUT2D eigenvalue weighted by molar-refractivity contribution is 5.10. The molecule has 0 saturated heterocycles. The first-order valence-electron chi connectivity index (χ1n) is 4.00. The molecule has 1 spiro atoms. The van der Waals surface area contributed by atoms with Gasteiger partial charge in [0.2, 0.25) is 0 Å². The lowest BCUT2D eigenvalue weighted by Crippen LogP contribution is -2.31. The predicted molar refractivity (Wildman–Crippen MR) is 39.2 cm³/mol. The third kappa shape index (κ3) is 0.593. The first-order valence-corrected chi connectivity index (χ1v) is 4.00. The highest BCUT2D eigenvalue weighted by Crippen LogP contribution is 2.53. The van der Waals surface area contributed by atoms with Crippen LogP contribution in [0.2, 0.25) is 0 Å². The Balaban J connectivity index is 2.13. The summed E-state index contributed by atoms with van der Waals surface area (Å²) in [6.45, 7) is 2.36. The summed E-state index contributed by atoms with van der Waals surface area (Å²) >= 11 is 0. The number of rotatable bonds is 0. The third-order valence-corrected chi connectivity index (χ3v) is 3.26. The van der Waals surface area contributed by atoms with Crippen molar-refractivity contribution in [3.63, 3.8) is 0 Å². The van der Waals surface area contributed by atoms with E-state index in [-0.39, 0.29) is 0 Å². The number of allylic oxidation sites excluding steroid dienone is 2. The molecule has 2 aliphatic rings. The van der Waals surface area contributed by atoms with Crippen LogP contribution < -0.4 is 0 Å². The largest absolute Gasteiger partial charge is 0.0877 e. The average Bonchev–Trinajstić information content (AvgIpc) is 2.07. The lowest BCUT2D eigenvalue weighted by molar-refractivity contribution is 0.101. The molecule has 1 saturated carbocycles. The molecular formula is C9H14. The molecule has 0 amide bonds. The molecule has 0 aliphatic heterocycles. The number of hydrogen-bond acceptors (Lipinski definition) is 0. The Kier molecular flexibility index (Phi) is 0.992. The van der Waals surface area contributed by atoms with Crippen LogP contribution >= 0.6 is 0 Å². The normalized spacial score (nSPS) is 37.2. The van der Waals surface area contributed by atoms with E-state index in [1.165, 1.54) is 25.7 Å². The second kappa shape index (κ2) is 1.62. The molecule has 0 aromatic rings. The smallest absolute Gasteiger partial charge is 0.0202 e. The zero-order valence-electron chi connectivity index (χ0n) is 6.06. The Morgan fingerprint density at radius 1 is 1.44 bits per heavy atom. The molecule has 0 aromatic carbocycles. The standard InChI is InChI=1S/C9H14/c1-8-4-2-5-9(8)6-3-7-9/h2,4,8H,3,5-7H2,1H3. The van der Waals surface area contributed by atoms with Gasteiger partial charge >= 0.3 is 0 Å². The summed E-state index contributed by atoms with van der Waals surface area (Å²) < 4.78 is 0. The topological polar surface area (TPSA) is 0 Å². The van der Waals surface area contributed by atoms with Gasteiger partial charge in [0.05, 0.1) is 0 Å². The summed E-state index contributed by atoms with van der Waals surface area (Å²) in [4.78, 5) is 0. The second-order valence-electron chi connectivity index (χ2n) is 3.64. The summed E-state index contributed by atoms with van der Waals surface area (Å²) in [5.41, 5.74) is 0.764. The van der Waals surface area contributed by atoms with Crippen LogP contribution in [0.15, 0.2) is 12.2 Å². The van der Waals surface area contributed by atoms with E-state index in [1.54, 1.807) is 0 Å². The maximum atomic E-state index is 2.39. The Labute approximate surface area is 57.0 Å². The van der Waals surface area contributed by atoms with Crippen LogP contribution in [0.5, 0.6) is 0 Å². The molecule has 1 atom stereocenters. The molecule has 1 fully saturated rings. The van der Waals surface area contributed by atoms with Gasteiger partial charge in [-0.05, 0) is 30.6 Å².